The first-order chi connectivity index (χ1) is 17.4. The maximum Gasteiger partial charge on any atom is 0.404 e. The van der Waals surface area contributed by atoms with Crippen molar-refractivity contribution in [3.8, 4) is 28.9 Å². The Kier molecular flexibility index (Phi) is 6.48. The van der Waals surface area contributed by atoms with Crippen molar-refractivity contribution >= 4 is 6.09 Å². The maximum atomic E-state index is 10.7. The number of nitrogens with one attached hydrogen (secondary N) is 1. The van der Waals surface area contributed by atoms with Crippen molar-refractivity contribution in [2.24, 2.45) is 0 Å². The van der Waals surface area contributed by atoms with Crippen LogP contribution in [0.5, 0.6) is 17.2 Å². The van der Waals surface area contributed by atoms with E-state index >= 15 is 0 Å². The van der Waals surface area contributed by atoms with Gasteiger partial charge in [-0.25, -0.2) is 14.8 Å². The van der Waals surface area contributed by atoms with E-state index in [1.165, 1.54) is 0 Å². The van der Waals surface area contributed by atoms with E-state index in [1.807, 2.05) is 36.4 Å². The lowest BCUT2D eigenvalue weighted by molar-refractivity contribution is 0.0833. The molecule has 5 rings (SSSR count). The van der Waals surface area contributed by atoms with Crippen LogP contribution in [0.1, 0.15) is 42.7 Å². The van der Waals surface area contributed by atoms with Crippen LogP contribution in [-0.2, 0) is 0 Å². The number of ether oxygens (including phenoxy) is 2. The lowest BCUT2D eigenvalue weighted by Crippen LogP contribution is -2.48. The number of aromatic nitrogens is 4. The fraction of sp³-hybridized carbons (Fsp3) is 0.269. The number of nitrogens with zero attached hydrogens (tertiary/aromatic N) is 4. The number of carboxylic acid groups (broad SMARTS) is 1. The minimum Gasteiger partial charge on any atom is -0.490 e. The molecule has 1 amide bonds. The summed E-state index contributed by atoms with van der Waals surface area (Å²) >= 11 is 0. The van der Waals surface area contributed by atoms with Gasteiger partial charge in [0.1, 0.15) is 17.6 Å². The van der Waals surface area contributed by atoms with Crippen molar-refractivity contribution in [2.75, 3.05) is 0 Å². The molecule has 2 N–H and O–H groups in total. The molecule has 184 valence electrons. The molecule has 4 aromatic rings. The van der Waals surface area contributed by atoms with Gasteiger partial charge in [0, 0.05) is 31.7 Å². The Labute approximate surface area is 207 Å². The largest absolute Gasteiger partial charge is 0.490 e. The van der Waals surface area contributed by atoms with E-state index in [0.717, 1.165) is 16.9 Å². The molecule has 1 aliphatic carbocycles. The molecular formula is C26H25N5O5. The van der Waals surface area contributed by atoms with Gasteiger partial charge in [0.05, 0.1) is 12.4 Å². The van der Waals surface area contributed by atoms with E-state index in [-0.39, 0.29) is 18.1 Å². The summed E-state index contributed by atoms with van der Waals surface area (Å²) in [6.07, 6.45) is 3.57. The number of carbonyl (C=O) groups is 1. The van der Waals surface area contributed by atoms with Crippen LogP contribution in [0.4, 0.5) is 4.79 Å². The van der Waals surface area contributed by atoms with Crippen LogP contribution in [0.3, 0.4) is 0 Å². The number of hydrogen-bond acceptors (Lipinski definition) is 8. The van der Waals surface area contributed by atoms with Gasteiger partial charge < -0.3 is 24.4 Å². The molecule has 2 aromatic heterocycles. The summed E-state index contributed by atoms with van der Waals surface area (Å²) in [6, 6.07) is 15.9. The van der Waals surface area contributed by atoms with Crippen LogP contribution in [0.15, 0.2) is 65.4 Å². The zero-order chi connectivity index (χ0) is 25.1. The highest BCUT2D eigenvalue weighted by Crippen LogP contribution is 2.30. The molecular weight excluding hydrogens is 462 g/mol. The summed E-state index contributed by atoms with van der Waals surface area (Å²) in [5.74, 6) is 3.31. The predicted molar refractivity (Wildman–Crippen MR) is 129 cm³/mol. The highest BCUT2D eigenvalue weighted by Gasteiger charge is 2.32. The third-order valence-electron chi connectivity index (χ3n) is 6.08. The Morgan fingerprint density at radius 2 is 1.58 bits per heavy atom. The highest BCUT2D eigenvalue weighted by atomic mass is 16.5. The van der Waals surface area contributed by atoms with Crippen molar-refractivity contribution in [3.05, 3.63) is 77.9 Å². The monoisotopic (exact) mass is 487 g/mol. The topological polar surface area (TPSA) is 132 Å². The van der Waals surface area contributed by atoms with Gasteiger partial charge in [-0.05, 0) is 35.4 Å². The number of benzene rings is 2. The normalized spacial score (nSPS) is 17.6. The Bertz CT molecular complexity index is 1320. The minimum atomic E-state index is -0.990. The molecule has 1 fully saturated rings. The summed E-state index contributed by atoms with van der Waals surface area (Å²) in [7, 11) is 0. The van der Waals surface area contributed by atoms with Crippen molar-refractivity contribution in [2.45, 2.75) is 44.8 Å². The van der Waals surface area contributed by atoms with Gasteiger partial charge in [-0.1, -0.05) is 36.3 Å². The quantitative estimate of drug-likeness (QED) is 0.354. The van der Waals surface area contributed by atoms with E-state index in [0.29, 0.717) is 41.9 Å². The number of aryl methyl sites for hydroxylation is 1. The lowest BCUT2D eigenvalue weighted by atomic mass is 9.89. The summed E-state index contributed by atoms with van der Waals surface area (Å²) < 4.78 is 16.8. The second-order valence-corrected chi connectivity index (χ2v) is 8.70. The Morgan fingerprint density at radius 1 is 0.972 bits per heavy atom. The predicted octanol–water partition coefficient (Wildman–Crippen LogP) is 4.96. The van der Waals surface area contributed by atoms with Crippen molar-refractivity contribution in [1.29, 1.82) is 0 Å². The van der Waals surface area contributed by atoms with Crippen molar-refractivity contribution < 1.29 is 23.9 Å². The van der Waals surface area contributed by atoms with Crippen LogP contribution in [0.2, 0.25) is 0 Å². The minimum absolute atomic E-state index is 0.0216. The van der Waals surface area contributed by atoms with Crippen LogP contribution in [-0.4, -0.2) is 43.5 Å². The molecule has 10 nitrogen and oxygen atoms in total. The number of hydrogen-bond donors (Lipinski definition) is 2. The zero-order valence-corrected chi connectivity index (χ0v) is 19.8. The van der Waals surface area contributed by atoms with E-state index in [2.05, 4.69) is 44.5 Å². The smallest absolute Gasteiger partial charge is 0.404 e. The molecule has 0 spiro atoms. The molecule has 36 heavy (non-hydrogen) atoms. The summed E-state index contributed by atoms with van der Waals surface area (Å²) in [5, 5.41) is 15.0. The van der Waals surface area contributed by atoms with Gasteiger partial charge in [0.2, 0.25) is 17.5 Å². The average Bonchev–Trinajstić information content (AvgIpc) is 3.29. The van der Waals surface area contributed by atoms with E-state index in [1.54, 1.807) is 19.3 Å². The van der Waals surface area contributed by atoms with Crippen molar-refractivity contribution in [1.82, 2.24) is 25.4 Å². The maximum absolute atomic E-state index is 10.7. The van der Waals surface area contributed by atoms with E-state index in [4.69, 9.17) is 19.1 Å². The van der Waals surface area contributed by atoms with E-state index < -0.39 is 6.09 Å². The zero-order valence-electron chi connectivity index (χ0n) is 19.8. The Balaban J connectivity index is 1.15. The fourth-order valence-corrected chi connectivity index (χ4v) is 4.01. The summed E-state index contributed by atoms with van der Waals surface area (Å²) in [5.41, 5.74) is 2.31. The highest BCUT2D eigenvalue weighted by molar-refractivity contribution is 5.65. The van der Waals surface area contributed by atoms with Gasteiger partial charge in [0.25, 0.3) is 0 Å². The van der Waals surface area contributed by atoms with Crippen LogP contribution in [0.25, 0.3) is 11.6 Å². The Hall–Kier alpha value is -4.47. The van der Waals surface area contributed by atoms with Gasteiger partial charge in [-0.15, -0.1) is 0 Å². The van der Waals surface area contributed by atoms with Gasteiger partial charge >= 0.3 is 6.09 Å². The molecule has 1 unspecified atom stereocenters. The first-order valence-corrected chi connectivity index (χ1v) is 11.6. The second kappa shape index (κ2) is 10.0. The first-order valence-electron chi connectivity index (χ1n) is 11.6. The van der Waals surface area contributed by atoms with Gasteiger partial charge in [-0.2, -0.15) is 4.98 Å². The molecule has 1 aliphatic rings. The standard InChI is InChI=1S/C26H25N5O5/c1-15(17-3-7-20(8-4-17)34-22-11-19(12-22)30-26(32)33)18-5-9-21(10-6-18)35-23-13-27-24(28-14-23)25-29-16(2)36-31-25/h3-10,13-15,19,22,30H,11-12H2,1-2H3,(H,32,33). The summed E-state index contributed by atoms with van der Waals surface area (Å²) in [4.78, 5) is 23.3. The molecule has 0 aliphatic heterocycles. The molecule has 10 heteroatoms. The van der Waals surface area contributed by atoms with Crippen LogP contribution < -0.4 is 14.8 Å². The second-order valence-electron chi connectivity index (χ2n) is 8.70. The molecule has 1 saturated carbocycles. The SMILES string of the molecule is Cc1nc(-c2ncc(Oc3ccc(C(C)c4ccc(OC5CC(NC(=O)O)C5)cc4)cc3)cn2)no1. The molecule has 0 saturated heterocycles. The average molecular weight is 488 g/mol. The lowest BCUT2D eigenvalue weighted by Gasteiger charge is -2.35. The first kappa shape index (κ1) is 23.3. The fourth-order valence-electron chi connectivity index (χ4n) is 4.01. The molecule has 0 bridgehead atoms. The van der Waals surface area contributed by atoms with Crippen LogP contribution >= 0.6 is 0 Å². The molecule has 1 atom stereocenters. The Morgan fingerprint density at radius 3 is 2.14 bits per heavy atom. The van der Waals surface area contributed by atoms with E-state index in [9.17, 15) is 4.79 Å². The third-order valence-corrected chi connectivity index (χ3v) is 6.08. The third kappa shape index (κ3) is 5.43. The van der Waals surface area contributed by atoms with Gasteiger partial charge in [-0.3, -0.25) is 0 Å². The summed E-state index contributed by atoms with van der Waals surface area (Å²) in [6.45, 7) is 3.85. The number of rotatable bonds is 8. The molecule has 0 radical (unpaired) electrons. The molecule has 2 heterocycles. The van der Waals surface area contributed by atoms with Crippen LogP contribution in [0, 0.1) is 6.92 Å². The van der Waals surface area contributed by atoms with Crippen molar-refractivity contribution in [3.63, 3.8) is 0 Å². The molecule has 2 aromatic carbocycles. The number of amides is 1. The van der Waals surface area contributed by atoms with Gasteiger partial charge in [0.15, 0.2) is 5.75 Å².